The van der Waals surface area contributed by atoms with Crippen LogP contribution >= 0.6 is 11.3 Å². The molecule has 0 aliphatic rings. The molecule has 28 heavy (non-hydrogen) atoms. The first kappa shape index (κ1) is 19.8. The topological polar surface area (TPSA) is 68.3 Å². The van der Waals surface area contributed by atoms with Crippen LogP contribution in [0.15, 0.2) is 53.9 Å². The zero-order valence-corrected chi connectivity index (χ0v) is 16.7. The Balaban J connectivity index is 1.51. The van der Waals surface area contributed by atoms with Gasteiger partial charge in [0.05, 0.1) is 24.9 Å². The number of thiazole rings is 1. The molecule has 6 heteroatoms. The molecule has 0 radical (unpaired) electrons. The SMILES string of the molecule is COc1ccccc1C(=O)CCC(=O)NCc1csc(-c2ccccc2C)n1. The van der Waals surface area contributed by atoms with E-state index in [2.05, 4.69) is 23.3 Å². The summed E-state index contributed by atoms with van der Waals surface area (Å²) >= 11 is 1.56. The van der Waals surface area contributed by atoms with Crippen molar-refractivity contribution < 1.29 is 14.3 Å². The number of aryl methyl sites for hydroxylation is 1. The number of hydrogen-bond acceptors (Lipinski definition) is 5. The Morgan fingerprint density at radius 1 is 1.07 bits per heavy atom. The van der Waals surface area contributed by atoms with E-state index in [1.54, 1.807) is 35.6 Å². The molecule has 0 saturated heterocycles. The molecule has 3 rings (SSSR count). The first-order valence-electron chi connectivity index (χ1n) is 9.02. The Hall–Kier alpha value is -2.99. The van der Waals surface area contributed by atoms with E-state index < -0.39 is 0 Å². The summed E-state index contributed by atoms with van der Waals surface area (Å²) in [5, 5.41) is 5.72. The van der Waals surface area contributed by atoms with Gasteiger partial charge in [0.25, 0.3) is 0 Å². The number of ketones is 1. The molecule has 1 aromatic heterocycles. The number of Topliss-reactive ketones (excluding diaryl/α,β-unsaturated/α-hetero) is 1. The summed E-state index contributed by atoms with van der Waals surface area (Å²) in [5.74, 6) is 0.246. The number of para-hydroxylation sites is 1. The quantitative estimate of drug-likeness (QED) is 0.575. The highest BCUT2D eigenvalue weighted by Crippen LogP contribution is 2.26. The third kappa shape index (κ3) is 4.84. The van der Waals surface area contributed by atoms with Crippen molar-refractivity contribution in [2.45, 2.75) is 26.3 Å². The molecule has 1 heterocycles. The molecule has 0 atom stereocenters. The van der Waals surface area contributed by atoms with Crippen LogP contribution in [0.2, 0.25) is 0 Å². The maximum atomic E-state index is 12.3. The molecule has 0 bridgehead atoms. The van der Waals surface area contributed by atoms with Gasteiger partial charge < -0.3 is 10.1 Å². The predicted molar refractivity (Wildman–Crippen MR) is 111 cm³/mol. The lowest BCUT2D eigenvalue weighted by Crippen LogP contribution is -2.23. The fraction of sp³-hybridized carbons (Fsp3) is 0.227. The lowest BCUT2D eigenvalue weighted by molar-refractivity contribution is -0.121. The van der Waals surface area contributed by atoms with Crippen LogP contribution in [0.3, 0.4) is 0 Å². The summed E-state index contributed by atoms with van der Waals surface area (Å²) in [4.78, 5) is 29.0. The number of aromatic nitrogens is 1. The predicted octanol–water partition coefficient (Wildman–Crippen LogP) is 4.41. The Labute approximate surface area is 168 Å². The standard InChI is InChI=1S/C22H22N2O3S/c1-15-7-3-4-8-17(15)22-24-16(14-28-22)13-23-21(26)12-11-19(25)18-9-5-6-10-20(18)27-2/h3-10,14H,11-13H2,1-2H3,(H,23,26). The fourth-order valence-corrected chi connectivity index (χ4v) is 3.75. The third-order valence-corrected chi connectivity index (χ3v) is 5.30. The molecule has 3 aromatic rings. The first-order valence-corrected chi connectivity index (χ1v) is 9.89. The second kappa shape index (κ2) is 9.28. The molecule has 0 spiro atoms. The fourth-order valence-electron chi connectivity index (χ4n) is 2.84. The molecular weight excluding hydrogens is 372 g/mol. The Bertz CT molecular complexity index is 981. The average molecular weight is 394 g/mol. The Morgan fingerprint density at radius 3 is 2.61 bits per heavy atom. The van der Waals surface area contributed by atoms with Crippen LogP contribution in [0.4, 0.5) is 0 Å². The molecule has 5 nitrogen and oxygen atoms in total. The molecule has 0 fully saturated rings. The number of nitrogens with zero attached hydrogens (tertiary/aromatic N) is 1. The normalized spacial score (nSPS) is 10.5. The second-order valence-corrected chi connectivity index (χ2v) is 7.22. The maximum Gasteiger partial charge on any atom is 0.220 e. The minimum absolute atomic E-state index is 0.108. The third-order valence-electron chi connectivity index (χ3n) is 4.38. The van der Waals surface area contributed by atoms with E-state index >= 15 is 0 Å². The van der Waals surface area contributed by atoms with E-state index in [9.17, 15) is 9.59 Å². The van der Waals surface area contributed by atoms with Crippen molar-refractivity contribution in [2.24, 2.45) is 0 Å². The minimum Gasteiger partial charge on any atom is -0.496 e. The largest absolute Gasteiger partial charge is 0.496 e. The van der Waals surface area contributed by atoms with E-state index in [1.807, 2.05) is 23.6 Å². The van der Waals surface area contributed by atoms with Gasteiger partial charge in [-0.25, -0.2) is 4.98 Å². The minimum atomic E-state index is -0.173. The molecule has 0 unspecified atom stereocenters. The molecule has 1 N–H and O–H groups in total. The molecule has 0 aliphatic carbocycles. The van der Waals surface area contributed by atoms with Crippen molar-refractivity contribution in [2.75, 3.05) is 7.11 Å². The zero-order chi connectivity index (χ0) is 19.9. The summed E-state index contributed by atoms with van der Waals surface area (Å²) < 4.78 is 5.20. The van der Waals surface area contributed by atoms with Gasteiger partial charge in [-0.15, -0.1) is 11.3 Å². The van der Waals surface area contributed by atoms with Crippen LogP contribution < -0.4 is 10.1 Å². The molecule has 0 aliphatic heterocycles. The average Bonchev–Trinajstić information content (AvgIpc) is 3.19. The van der Waals surface area contributed by atoms with E-state index in [4.69, 9.17) is 4.74 Å². The number of rotatable bonds is 8. The molecule has 1 amide bonds. The number of methoxy groups -OCH3 is 1. The highest BCUT2D eigenvalue weighted by molar-refractivity contribution is 7.13. The van der Waals surface area contributed by atoms with Gasteiger partial charge in [-0.1, -0.05) is 36.4 Å². The zero-order valence-electron chi connectivity index (χ0n) is 15.9. The van der Waals surface area contributed by atoms with Gasteiger partial charge in [0, 0.05) is 23.8 Å². The smallest absolute Gasteiger partial charge is 0.220 e. The molecule has 144 valence electrons. The number of carbonyl (C=O) groups excluding carboxylic acids is 2. The number of benzene rings is 2. The lowest BCUT2D eigenvalue weighted by atomic mass is 10.1. The summed E-state index contributed by atoms with van der Waals surface area (Å²) in [6.45, 7) is 2.40. The van der Waals surface area contributed by atoms with Gasteiger partial charge in [0.2, 0.25) is 5.91 Å². The van der Waals surface area contributed by atoms with Crippen molar-refractivity contribution >= 4 is 23.0 Å². The number of amides is 1. The van der Waals surface area contributed by atoms with Crippen molar-refractivity contribution in [3.8, 4) is 16.3 Å². The number of carbonyl (C=O) groups is 2. The number of ether oxygens (including phenoxy) is 1. The summed E-state index contributed by atoms with van der Waals surface area (Å²) in [6.07, 6.45) is 0.267. The van der Waals surface area contributed by atoms with Gasteiger partial charge in [-0.3, -0.25) is 9.59 Å². The van der Waals surface area contributed by atoms with Crippen LogP contribution in [0, 0.1) is 6.92 Å². The number of nitrogens with one attached hydrogen (secondary N) is 1. The first-order chi connectivity index (χ1) is 13.6. The van der Waals surface area contributed by atoms with Crippen molar-refractivity contribution in [1.29, 1.82) is 0 Å². The van der Waals surface area contributed by atoms with E-state index in [0.717, 1.165) is 16.3 Å². The van der Waals surface area contributed by atoms with Crippen LogP contribution in [-0.4, -0.2) is 23.8 Å². The van der Waals surface area contributed by atoms with Gasteiger partial charge >= 0.3 is 0 Å². The van der Waals surface area contributed by atoms with Crippen LogP contribution in [0.1, 0.15) is 34.5 Å². The monoisotopic (exact) mass is 394 g/mol. The van der Waals surface area contributed by atoms with E-state index in [-0.39, 0.29) is 24.5 Å². The Kier molecular flexibility index (Phi) is 6.55. The Morgan fingerprint density at radius 2 is 1.82 bits per heavy atom. The van der Waals surface area contributed by atoms with Gasteiger partial charge in [0.1, 0.15) is 10.8 Å². The maximum absolute atomic E-state index is 12.3. The van der Waals surface area contributed by atoms with Crippen LogP contribution in [-0.2, 0) is 11.3 Å². The van der Waals surface area contributed by atoms with Crippen molar-refractivity contribution in [3.63, 3.8) is 0 Å². The molecule has 2 aromatic carbocycles. The van der Waals surface area contributed by atoms with E-state index in [0.29, 0.717) is 17.9 Å². The van der Waals surface area contributed by atoms with Gasteiger partial charge in [-0.05, 0) is 24.6 Å². The van der Waals surface area contributed by atoms with Crippen LogP contribution in [0.5, 0.6) is 5.75 Å². The lowest BCUT2D eigenvalue weighted by Gasteiger charge is -2.07. The summed E-state index contributed by atoms with van der Waals surface area (Å²) in [5.41, 5.74) is 3.59. The van der Waals surface area contributed by atoms with E-state index in [1.165, 1.54) is 12.7 Å². The second-order valence-electron chi connectivity index (χ2n) is 6.36. The van der Waals surface area contributed by atoms with Gasteiger partial charge in [-0.2, -0.15) is 0 Å². The molecular formula is C22H22N2O3S. The highest BCUT2D eigenvalue weighted by Gasteiger charge is 2.14. The summed E-state index contributed by atoms with van der Waals surface area (Å²) in [7, 11) is 1.53. The van der Waals surface area contributed by atoms with Gasteiger partial charge in [0.15, 0.2) is 5.78 Å². The molecule has 0 saturated carbocycles. The van der Waals surface area contributed by atoms with Crippen molar-refractivity contribution in [3.05, 3.63) is 70.7 Å². The van der Waals surface area contributed by atoms with Crippen LogP contribution in [0.25, 0.3) is 10.6 Å². The highest BCUT2D eigenvalue weighted by atomic mass is 32.1. The van der Waals surface area contributed by atoms with Crippen molar-refractivity contribution in [1.82, 2.24) is 10.3 Å². The summed E-state index contributed by atoms with van der Waals surface area (Å²) in [6, 6.07) is 15.1. The number of hydrogen-bond donors (Lipinski definition) is 1.